The van der Waals surface area contributed by atoms with Gasteiger partial charge in [0.25, 0.3) is 0 Å². The average molecular weight is 155 g/mol. The molecule has 0 bridgehead atoms. The second-order valence-corrected chi connectivity index (χ2v) is 2.99. The van der Waals surface area contributed by atoms with Gasteiger partial charge in [0.05, 0.1) is 0 Å². The van der Waals surface area contributed by atoms with Crippen molar-refractivity contribution in [2.24, 2.45) is 5.10 Å². The van der Waals surface area contributed by atoms with Gasteiger partial charge in [-0.2, -0.15) is 5.10 Å². The Morgan fingerprint density at radius 1 is 1.45 bits per heavy atom. The minimum absolute atomic E-state index is 0.930. The molecule has 1 fully saturated rings. The van der Waals surface area contributed by atoms with Crippen molar-refractivity contribution < 1.29 is 0 Å². The molecule has 0 aliphatic carbocycles. The summed E-state index contributed by atoms with van der Waals surface area (Å²) in [5, 5.41) is 4.28. The van der Waals surface area contributed by atoms with Gasteiger partial charge in [-0.1, -0.05) is 0 Å². The predicted molar refractivity (Wildman–Crippen MR) is 47.8 cm³/mol. The van der Waals surface area contributed by atoms with Crippen LogP contribution in [0.1, 0.15) is 19.8 Å². The molecule has 0 aromatic heterocycles. The van der Waals surface area contributed by atoms with Gasteiger partial charge >= 0.3 is 0 Å². The first-order chi connectivity index (χ1) is 5.33. The molecule has 1 N–H and O–H groups in total. The molecular formula is C8H17N3. The second-order valence-electron chi connectivity index (χ2n) is 2.99. The van der Waals surface area contributed by atoms with Crippen molar-refractivity contribution in [3.63, 3.8) is 0 Å². The fourth-order valence-electron chi connectivity index (χ4n) is 1.18. The molecule has 0 spiro atoms. The zero-order chi connectivity index (χ0) is 8.10. The maximum Gasteiger partial charge on any atom is 0.0403 e. The van der Waals surface area contributed by atoms with E-state index in [0.29, 0.717) is 0 Å². The van der Waals surface area contributed by atoms with Crippen LogP contribution >= 0.6 is 0 Å². The topological polar surface area (TPSA) is 27.6 Å². The Bertz CT molecular complexity index is 132. The van der Waals surface area contributed by atoms with Gasteiger partial charge in [-0.05, 0) is 14.0 Å². The van der Waals surface area contributed by atoms with Crippen LogP contribution in [0.5, 0.6) is 0 Å². The fourth-order valence-corrected chi connectivity index (χ4v) is 1.18. The molecule has 0 atom stereocenters. The van der Waals surface area contributed by atoms with Crippen molar-refractivity contribution in [1.29, 1.82) is 0 Å². The summed E-state index contributed by atoms with van der Waals surface area (Å²) in [5.41, 5.74) is 4.33. The summed E-state index contributed by atoms with van der Waals surface area (Å²) in [6.07, 6.45) is 2.26. The smallest absolute Gasteiger partial charge is 0.0403 e. The molecule has 64 valence electrons. The third-order valence-electron chi connectivity index (χ3n) is 1.96. The summed E-state index contributed by atoms with van der Waals surface area (Å²) in [6, 6.07) is 0. The molecule has 1 aliphatic heterocycles. The maximum atomic E-state index is 4.28. The molecule has 1 aliphatic rings. The van der Waals surface area contributed by atoms with E-state index < -0.39 is 0 Å². The van der Waals surface area contributed by atoms with E-state index >= 15 is 0 Å². The van der Waals surface area contributed by atoms with Gasteiger partial charge in [0.15, 0.2) is 0 Å². The number of likely N-dealkylation sites (tertiary alicyclic amines) is 1. The van der Waals surface area contributed by atoms with Gasteiger partial charge in [0.1, 0.15) is 0 Å². The number of rotatable bonds is 2. The molecule has 0 unspecified atom stereocenters. The zero-order valence-electron chi connectivity index (χ0n) is 7.43. The Labute approximate surface area is 68.5 Å². The number of hydrazone groups is 1. The Morgan fingerprint density at radius 3 is 2.64 bits per heavy atom. The summed E-state index contributed by atoms with van der Waals surface area (Å²) in [6.45, 7) is 5.31. The van der Waals surface area contributed by atoms with Crippen LogP contribution in [-0.2, 0) is 0 Å². The molecule has 0 radical (unpaired) electrons. The van der Waals surface area contributed by atoms with Crippen molar-refractivity contribution in [2.75, 3.05) is 26.7 Å². The standard InChI is InChI=1S/C8H17N3/c1-3-9-10-8-4-6-11(2)7-5-8/h9H,3-7H2,1-2H3. The van der Waals surface area contributed by atoms with Gasteiger partial charge in [0.2, 0.25) is 0 Å². The predicted octanol–water partition coefficient (Wildman–Crippen LogP) is 0.677. The van der Waals surface area contributed by atoms with E-state index in [1.54, 1.807) is 0 Å². The lowest BCUT2D eigenvalue weighted by Crippen LogP contribution is -2.31. The number of nitrogens with zero attached hydrogens (tertiary/aromatic N) is 2. The summed E-state index contributed by atoms with van der Waals surface area (Å²) in [4.78, 5) is 2.34. The molecule has 3 heteroatoms. The van der Waals surface area contributed by atoms with Crippen LogP contribution in [0, 0.1) is 0 Å². The molecule has 3 nitrogen and oxygen atoms in total. The SMILES string of the molecule is CCNN=C1CCN(C)CC1. The zero-order valence-corrected chi connectivity index (χ0v) is 7.43. The van der Waals surface area contributed by atoms with Gasteiger partial charge < -0.3 is 10.3 Å². The minimum atomic E-state index is 0.930. The lowest BCUT2D eigenvalue weighted by molar-refractivity contribution is 0.335. The highest BCUT2D eigenvalue weighted by Gasteiger charge is 2.10. The Morgan fingerprint density at radius 2 is 2.09 bits per heavy atom. The third kappa shape index (κ3) is 2.89. The van der Waals surface area contributed by atoms with Crippen molar-refractivity contribution in [3.8, 4) is 0 Å². The van der Waals surface area contributed by atoms with E-state index in [9.17, 15) is 0 Å². The summed E-state index contributed by atoms with van der Waals surface area (Å²) < 4.78 is 0. The Kier molecular flexibility index (Phi) is 3.36. The monoisotopic (exact) mass is 155 g/mol. The average Bonchev–Trinajstić information content (AvgIpc) is 2.04. The van der Waals surface area contributed by atoms with E-state index in [1.807, 2.05) is 0 Å². The minimum Gasteiger partial charge on any atom is -0.310 e. The van der Waals surface area contributed by atoms with Crippen LogP contribution in [0.2, 0.25) is 0 Å². The van der Waals surface area contributed by atoms with E-state index in [0.717, 1.165) is 32.5 Å². The van der Waals surface area contributed by atoms with Crippen LogP contribution in [0.4, 0.5) is 0 Å². The molecule has 0 aromatic carbocycles. The highest BCUT2D eigenvalue weighted by Crippen LogP contribution is 2.03. The van der Waals surface area contributed by atoms with Crippen molar-refractivity contribution in [1.82, 2.24) is 10.3 Å². The number of hydrogen-bond donors (Lipinski definition) is 1. The number of nitrogens with one attached hydrogen (secondary N) is 1. The lowest BCUT2D eigenvalue weighted by Gasteiger charge is -2.22. The van der Waals surface area contributed by atoms with Crippen LogP contribution in [-0.4, -0.2) is 37.3 Å². The van der Waals surface area contributed by atoms with Gasteiger partial charge in [-0.15, -0.1) is 0 Å². The molecule has 1 saturated heterocycles. The number of hydrogen-bond acceptors (Lipinski definition) is 3. The van der Waals surface area contributed by atoms with E-state index in [1.165, 1.54) is 5.71 Å². The van der Waals surface area contributed by atoms with E-state index in [2.05, 4.69) is 29.4 Å². The molecule has 0 aromatic rings. The molecule has 0 saturated carbocycles. The van der Waals surface area contributed by atoms with Gasteiger partial charge in [-0.25, -0.2) is 0 Å². The van der Waals surface area contributed by atoms with E-state index in [-0.39, 0.29) is 0 Å². The van der Waals surface area contributed by atoms with Crippen LogP contribution < -0.4 is 5.43 Å². The fraction of sp³-hybridized carbons (Fsp3) is 0.875. The maximum absolute atomic E-state index is 4.28. The lowest BCUT2D eigenvalue weighted by atomic mass is 10.1. The quantitative estimate of drug-likeness (QED) is 0.594. The van der Waals surface area contributed by atoms with Crippen molar-refractivity contribution in [2.45, 2.75) is 19.8 Å². The molecule has 1 heterocycles. The van der Waals surface area contributed by atoms with Crippen molar-refractivity contribution in [3.05, 3.63) is 0 Å². The van der Waals surface area contributed by atoms with E-state index in [4.69, 9.17) is 0 Å². The Balaban J connectivity index is 2.26. The summed E-state index contributed by atoms with van der Waals surface area (Å²) >= 11 is 0. The molecule has 0 amide bonds. The molecule has 1 rings (SSSR count). The molecule has 11 heavy (non-hydrogen) atoms. The third-order valence-corrected chi connectivity index (χ3v) is 1.96. The van der Waals surface area contributed by atoms with Gasteiger partial charge in [0, 0.05) is 38.2 Å². The van der Waals surface area contributed by atoms with Crippen LogP contribution in [0.15, 0.2) is 5.10 Å². The highest BCUT2D eigenvalue weighted by atomic mass is 15.3. The summed E-state index contributed by atoms with van der Waals surface area (Å²) in [7, 11) is 2.16. The largest absolute Gasteiger partial charge is 0.310 e. The van der Waals surface area contributed by atoms with Crippen molar-refractivity contribution >= 4 is 5.71 Å². The van der Waals surface area contributed by atoms with Gasteiger partial charge in [-0.3, -0.25) is 0 Å². The highest BCUT2D eigenvalue weighted by molar-refractivity contribution is 5.85. The van der Waals surface area contributed by atoms with Crippen LogP contribution in [0.3, 0.4) is 0 Å². The first-order valence-electron chi connectivity index (χ1n) is 4.29. The second kappa shape index (κ2) is 4.34. The summed E-state index contributed by atoms with van der Waals surface area (Å²) in [5.74, 6) is 0. The normalized spacial score (nSPS) is 20.0. The first kappa shape index (κ1) is 8.53. The first-order valence-corrected chi connectivity index (χ1v) is 4.29. The Hall–Kier alpha value is -0.570. The van der Waals surface area contributed by atoms with Crippen LogP contribution in [0.25, 0.3) is 0 Å². The molecular weight excluding hydrogens is 138 g/mol. The number of piperidine rings is 1.